The van der Waals surface area contributed by atoms with E-state index in [1.807, 2.05) is 35.0 Å². The molecule has 0 spiro atoms. The van der Waals surface area contributed by atoms with Gasteiger partial charge >= 0.3 is 0 Å². The molecule has 1 aliphatic rings. The Hall–Kier alpha value is -2.34. The van der Waals surface area contributed by atoms with E-state index in [4.69, 9.17) is 4.74 Å². The molecule has 1 fully saturated rings. The lowest BCUT2D eigenvalue weighted by Crippen LogP contribution is -2.57. The number of anilines is 1. The normalized spacial score (nSPS) is 18.2. The Bertz CT molecular complexity index is 697. The molecule has 23 heavy (non-hydrogen) atoms. The number of hydrogen-bond donors (Lipinski definition) is 0. The highest BCUT2D eigenvalue weighted by Crippen LogP contribution is 2.24. The smallest absolute Gasteiger partial charge is 0.255 e. The van der Waals surface area contributed by atoms with Gasteiger partial charge < -0.3 is 14.5 Å². The SMILES string of the molecule is COc1ccc(N2CCN(C(=O)c3ccsc3)C(C)C2=O)cc1. The van der Waals surface area contributed by atoms with Gasteiger partial charge in [0.1, 0.15) is 11.8 Å². The molecule has 0 N–H and O–H groups in total. The minimum absolute atomic E-state index is 0.0648. The number of piperazine rings is 1. The molecule has 1 aliphatic heterocycles. The number of methoxy groups -OCH3 is 1. The molecule has 2 aromatic rings. The van der Waals surface area contributed by atoms with Crippen molar-refractivity contribution >= 4 is 28.8 Å². The van der Waals surface area contributed by atoms with Crippen LogP contribution in [0.2, 0.25) is 0 Å². The number of hydrogen-bond acceptors (Lipinski definition) is 4. The maximum absolute atomic E-state index is 12.7. The molecule has 2 heterocycles. The fourth-order valence-corrected chi connectivity index (χ4v) is 3.35. The van der Waals surface area contributed by atoms with Crippen molar-refractivity contribution in [1.29, 1.82) is 0 Å². The zero-order chi connectivity index (χ0) is 16.4. The Balaban J connectivity index is 1.76. The van der Waals surface area contributed by atoms with Crippen molar-refractivity contribution in [3.8, 4) is 5.75 Å². The lowest BCUT2D eigenvalue weighted by atomic mass is 10.1. The number of nitrogens with zero attached hydrogens (tertiary/aromatic N) is 2. The number of thiophene rings is 1. The molecule has 1 aromatic carbocycles. The summed E-state index contributed by atoms with van der Waals surface area (Å²) in [5, 5.41) is 3.68. The largest absolute Gasteiger partial charge is 0.497 e. The molecule has 1 unspecified atom stereocenters. The summed E-state index contributed by atoms with van der Waals surface area (Å²) in [6.45, 7) is 2.79. The molecule has 2 amide bonds. The molecule has 0 aliphatic carbocycles. The van der Waals surface area contributed by atoms with Gasteiger partial charge in [-0.05, 0) is 42.6 Å². The first-order valence-corrected chi connectivity index (χ1v) is 8.34. The summed E-state index contributed by atoms with van der Waals surface area (Å²) < 4.78 is 5.14. The summed E-state index contributed by atoms with van der Waals surface area (Å²) in [6, 6.07) is 8.70. The zero-order valence-electron chi connectivity index (χ0n) is 13.1. The second kappa shape index (κ2) is 6.42. The standard InChI is InChI=1S/C17H18N2O3S/c1-12-16(20)19(14-3-5-15(22-2)6-4-14)9-8-18(12)17(21)13-7-10-23-11-13/h3-7,10-12H,8-9H2,1-2H3. The van der Waals surface area contributed by atoms with Crippen LogP contribution in [0.25, 0.3) is 0 Å². The van der Waals surface area contributed by atoms with E-state index in [2.05, 4.69) is 0 Å². The highest BCUT2D eigenvalue weighted by Gasteiger charge is 2.35. The molecule has 0 saturated carbocycles. The number of ether oxygens (including phenoxy) is 1. The van der Waals surface area contributed by atoms with Crippen LogP contribution >= 0.6 is 11.3 Å². The Morgan fingerprint density at radius 3 is 2.57 bits per heavy atom. The van der Waals surface area contributed by atoms with Crippen LogP contribution in [0.3, 0.4) is 0 Å². The summed E-state index contributed by atoms with van der Waals surface area (Å²) >= 11 is 1.48. The predicted molar refractivity (Wildman–Crippen MR) is 90.2 cm³/mol. The number of amides is 2. The summed E-state index contributed by atoms with van der Waals surface area (Å²) in [6.07, 6.45) is 0. The molecule has 5 nitrogen and oxygen atoms in total. The average Bonchev–Trinajstić information content (AvgIpc) is 3.11. The van der Waals surface area contributed by atoms with Crippen molar-refractivity contribution in [2.45, 2.75) is 13.0 Å². The van der Waals surface area contributed by atoms with Crippen LogP contribution in [0.5, 0.6) is 5.75 Å². The molecule has 0 bridgehead atoms. The van der Waals surface area contributed by atoms with Crippen LogP contribution in [0.4, 0.5) is 5.69 Å². The predicted octanol–water partition coefficient (Wildman–Crippen LogP) is 2.63. The van der Waals surface area contributed by atoms with E-state index in [1.165, 1.54) is 11.3 Å². The highest BCUT2D eigenvalue weighted by atomic mass is 32.1. The quantitative estimate of drug-likeness (QED) is 0.869. The van der Waals surface area contributed by atoms with Crippen molar-refractivity contribution in [3.05, 3.63) is 46.7 Å². The molecular formula is C17H18N2O3S. The van der Waals surface area contributed by atoms with E-state index in [0.717, 1.165) is 11.4 Å². The molecule has 6 heteroatoms. The third-order valence-corrected chi connectivity index (χ3v) is 4.75. The third-order valence-electron chi connectivity index (χ3n) is 4.07. The van der Waals surface area contributed by atoms with Crippen LogP contribution in [0.15, 0.2) is 41.1 Å². The monoisotopic (exact) mass is 330 g/mol. The van der Waals surface area contributed by atoms with E-state index in [0.29, 0.717) is 18.7 Å². The summed E-state index contributed by atoms with van der Waals surface area (Å²) in [7, 11) is 1.61. The van der Waals surface area contributed by atoms with Crippen LogP contribution in [-0.2, 0) is 4.79 Å². The van der Waals surface area contributed by atoms with Gasteiger partial charge in [0.2, 0.25) is 5.91 Å². The number of carbonyl (C=O) groups is 2. The van der Waals surface area contributed by atoms with Crippen molar-refractivity contribution in [3.63, 3.8) is 0 Å². The van der Waals surface area contributed by atoms with Gasteiger partial charge in [-0.1, -0.05) is 0 Å². The molecular weight excluding hydrogens is 312 g/mol. The second-order valence-corrected chi connectivity index (χ2v) is 6.15. The number of benzene rings is 1. The van der Waals surface area contributed by atoms with E-state index < -0.39 is 6.04 Å². The maximum Gasteiger partial charge on any atom is 0.255 e. The van der Waals surface area contributed by atoms with Crippen LogP contribution in [-0.4, -0.2) is 43.0 Å². The lowest BCUT2D eigenvalue weighted by Gasteiger charge is -2.39. The van der Waals surface area contributed by atoms with Gasteiger partial charge in [-0.3, -0.25) is 9.59 Å². The van der Waals surface area contributed by atoms with Crippen LogP contribution < -0.4 is 9.64 Å². The fourth-order valence-electron chi connectivity index (χ4n) is 2.72. The van der Waals surface area contributed by atoms with Crippen molar-refractivity contribution in [2.24, 2.45) is 0 Å². The van der Waals surface area contributed by atoms with Crippen LogP contribution in [0, 0.1) is 0 Å². The first-order valence-electron chi connectivity index (χ1n) is 7.40. The van der Waals surface area contributed by atoms with Crippen molar-refractivity contribution < 1.29 is 14.3 Å². The van der Waals surface area contributed by atoms with E-state index in [1.54, 1.807) is 29.9 Å². The van der Waals surface area contributed by atoms with Gasteiger partial charge in [-0.15, -0.1) is 0 Å². The minimum atomic E-state index is -0.474. The average molecular weight is 330 g/mol. The van der Waals surface area contributed by atoms with Gasteiger partial charge in [0.15, 0.2) is 0 Å². The zero-order valence-corrected chi connectivity index (χ0v) is 13.9. The van der Waals surface area contributed by atoms with Gasteiger partial charge in [0.25, 0.3) is 5.91 Å². The molecule has 1 saturated heterocycles. The highest BCUT2D eigenvalue weighted by molar-refractivity contribution is 7.08. The Morgan fingerprint density at radius 2 is 1.96 bits per heavy atom. The Kier molecular flexibility index (Phi) is 4.34. The van der Waals surface area contributed by atoms with E-state index in [9.17, 15) is 9.59 Å². The molecule has 3 rings (SSSR count). The summed E-state index contributed by atoms with van der Waals surface area (Å²) in [4.78, 5) is 28.5. The van der Waals surface area contributed by atoms with E-state index >= 15 is 0 Å². The fraction of sp³-hybridized carbons (Fsp3) is 0.294. The molecule has 1 aromatic heterocycles. The first kappa shape index (κ1) is 15.6. The molecule has 1 atom stereocenters. The Morgan fingerprint density at radius 1 is 1.22 bits per heavy atom. The molecule has 120 valence electrons. The second-order valence-electron chi connectivity index (χ2n) is 5.37. The lowest BCUT2D eigenvalue weighted by molar-refractivity contribution is -0.124. The van der Waals surface area contributed by atoms with Gasteiger partial charge in [-0.25, -0.2) is 0 Å². The maximum atomic E-state index is 12.7. The minimum Gasteiger partial charge on any atom is -0.497 e. The Labute approximate surface area is 139 Å². The number of carbonyl (C=O) groups excluding carboxylic acids is 2. The van der Waals surface area contributed by atoms with Gasteiger partial charge in [0.05, 0.1) is 12.7 Å². The van der Waals surface area contributed by atoms with Gasteiger partial charge in [0, 0.05) is 24.2 Å². The van der Waals surface area contributed by atoms with Crippen molar-refractivity contribution in [1.82, 2.24) is 4.90 Å². The van der Waals surface area contributed by atoms with Crippen LogP contribution in [0.1, 0.15) is 17.3 Å². The number of rotatable bonds is 3. The summed E-state index contributed by atoms with van der Waals surface area (Å²) in [5.74, 6) is 0.604. The topological polar surface area (TPSA) is 49.9 Å². The first-order chi connectivity index (χ1) is 11.1. The summed E-state index contributed by atoms with van der Waals surface area (Å²) in [5.41, 5.74) is 1.47. The van der Waals surface area contributed by atoms with Gasteiger partial charge in [-0.2, -0.15) is 11.3 Å². The van der Waals surface area contributed by atoms with Crippen molar-refractivity contribution in [2.75, 3.05) is 25.1 Å². The van der Waals surface area contributed by atoms with E-state index in [-0.39, 0.29) is 11.8 Å². The molecule has 0 radical (unpaired) electrons. The third kappa shape index (κ3) is 2.94.